The second-order valence-corrected chi connectivity index (χ2v) is 6.61. The molecule has 0 fully saturated rings. The highest BCUT2D eigenvalue weighted by Crippen LogP contribution is 2.14. The summed E-state index contributed by atoms with van der Waals surface area (Å²) in [5.74, 6) is -1.53. The molecule has 0 aromatic heterocycles. The highest BCUT2D eigenvalue weighted by atomic mass is 16.3. The number of carbonyl (C=O) groups is 3. The standard InChI is InChI=1S/C19H30N4O4/c1-4-5-11-14(20)17(25)18(26)21-12-15(24)22-16(19(27)23(2)3)13-9-7-6-8-10-13/h6-10,14,16-17,25H,4-5,11-12,20H2,1-3H3,(H,21,26)(H,22,24)/t14?,16-,17?/m0/s1. The van der Waals surface area contributed by atoms with Gasteiger partial charge in [0.1, 0.15) is 12.1 Å². The molecule has 1 aromatic rings. The summed E-state index contributed by atoms with van der Waals surface area (Å²) >= 11 is 0. The molecule has 0 saturated heterocycles. The Labute approximate surface area is 160 Å². The fourth-order valence-corrected chi connectivity index (χ4v) is 2.47. The van der Waals surface area contributed by atoms with Crippen LogP contribution in [0.3, 0.4) is 0 Å². The number of nitrogens with one attached hydrogen (secondary N) is 2. The average Bonchev–Trinajstić information content (AvgIpc) is 2.67. The number of nitrogens with zero attached hydrogens (tertiary/aromatic N) is 1. The summed E-state index contributed by atoms with van der Waals surface area (Å²) in [5.41, 5.74) is 6.42. The lowest BCUT2D eigenvalue weighted by molar-refractivity contribution is -0.135. The van der Waals surface area contributed by atoms with Crippen molar-refractivity contribution in [3.8, 4) is 0 Å². The van der Waals surface area contributed by atoms with Crippen molar-refractivity contribution in [3.63, 3.8) is 0 Å². The van der Waals surface area contributed by atoms with Gasteiger partial charge in [-0.25, -0.2) is 0 Å². The summed E-state index contributed by atoms with van der Waals surface area (Å²) in [6.07, 6.45) is 0.852. The quantitative estimate of drug-likeness (QED) is 0.453. The van der Waals surface area contributed by atoms with Crippen molar-refractivity contribution >= 4 is 17.7 Å². The van der Waals surface area contributed by atoms with E-state index in [9.17, 15) is 19.5 Å². The summed E-state index contributed by atoms with van der Waals surface area (Å²) < 4.78 is 0. The summed E-state index contributed by atoms with van der Waals surface area (Å²) in [5, 5.41) is 14.9. The van der Waals surface area contributed by atoms with Crippen molar-refractivity contribution in [2.75, 3.05) is 20.6 Å². The third kappa shape index (κ3) is 7.36. The molecule has 0 saturated carbocycles. The smallest absolute Gasteiger partial charge is 0.250 e. The topological polar surface area (TPSA) is 125 Å². The van der Waals surface area contributed by atoms with Gasteiger partial charge in [0.2, 0.25) is 11.8 Å². The number of benzene rings is 1. The van der Waals surface area contributed by atoms with Crippen LogP contribution in [-0.2, 0) is 14.4 Å². The number of carbonyl (C=O) groups excluding carboxylic acids is 3. The minimum atomic E-state index is -1.38. The maximum absolute atomic E-state index is 12.4. The third-order valence-electron chi connectivity index (χ3n) is 4.11. The second-order valence-electron chi connectivity index (χ2n) is 6.61. The van der Waals surface area contributed by atoms with Crippen molar-refractivity contribution in [3.05, 3.63) is 35.9 Å². The van der Waals surface area contributed by atoms with Crippen molar-refractivity contribution in [2.45, 2.75) is 44.4 Å². The van der Waals surface area contributed by atoms with Gasteiger partial charge in [-0.05, 0) is 12.0 Å². The van der Waals surface area contributed by atoms with Gasteiger partial charge < -0.3 is 26.4 Å². The lowest BCUT2D eigenvalue weighted by Crippen LogP contribution is -2.49. The molecule has 0 spiro atoms. The molecule has 0 aliphatic heterocycles. The molecule has 3 amide bonds. The van der Waals surface area contributed by atoms with Crippen molar-refractivity contribution < 1.29 is 19.5 Å². The molecule has 27 heavy (non-hydrogen) atoms. The molecule has 0 bridgehead atoms. The van der Waals surface area contributed by atoms with E-state index >= 15 is 0 Å². The molecular formula is C19H30N4O4. The Kier molecular flexibility index (Phi) is 9.46. The van der Waals surface area contributed by atoms with Crippen LogP contribution in [0.15, 0.2) is 30.3 Å². The van der Waals surface area contributed by atoms with Crippen molar-refractivity contribution in [2.24, 2.45) is 5.73 Å². The van der Waals surface area contributed by atoms with Gasteiger partial charge in [-0.1, -0.05) is 50.1 Å². The highest BCUT2D eigenvalue weighted by molar-refractivity contribution is 5.91. The molecule has 1 rings (SSSR count). The minimum absolute atomic E-state index is 0.289. The molecule has 0 aliphatic carbocycles. The molecular weight excluding hydrogens is 348 g/mol. The van der Waals surface area contributed by atoms with Crippen LogP contribution in [0.2, 0.25) is 0 Å². The zero-order valence-corrected chi connectivity index (χ0v) is 16.1. The van der Waals surface area contributed by atoms with E-state index in [1.54, 1.807) is 38.4 Å². The fourth-order valence-electron chi connectivity index (χ4n) is 2.47. The van der Waals surface area contributed by atoms with Crippen molar-refractivity contribution in [1.82, 2.24) is 15.5 Å². The fraction of sp³-hybridized carbons (Fsp3) is 0.526. The van der Waals surface area contributed by atoms with Gasteiger partial charge in [0.25, 0.3) is 5.91 Å². The van der Waals surface area contributed by atoms with Crippen LogP contribution in [0.4, 0.5) is 0 Å². The van der Waals surface area contributed by atoms with Gasteiger partial charge in [-0.2, -0.15) is 0 Å². The van der Waals surface area contributed by atoms with E-state index in [2.05, 4.69) is 10.6 Å². The van der Waals surface area contributed by atoms with Crippen LogP contribution in [-0.4, -0.2) is 60.5 Å². The van der Waals surface area contributed by atoms with Gasteiger partial charge in [-0.3, -0.25) is 14.4 Å². The maximum Gasteiger partial charge on any atom is 0.250 e. The number of hydrogen-bond donors (Lipinski definition) is 4. The van der Waals surface area contributed by atoms with Gasteiger partial charge in [0, 0.05) is 20.1 Å². The van der Waals surface area contributed by atoms with Crippen molar-refractivity contribution in [1.29, 1.82) is 0 Å². The molecule has 150 valence electrons. The molecule has 5 N–H and O–H groups in total. The predicted molar refractivity (Wildman–Crippen MR) is 103 cm³/mol. The number of nitrogens with two attached hydrogens (primary N) is 1. The number of aliphatic hydroxyl groups excluding tert-OH is 1. The minimum Gasteiger partial charge on any atom is -0.382 e. The molecule has 2 unspecified atom stereocenters. The molecule has 0 radical (unpaired) electrons. The summed E-state index contributed by atoms with van der Waals surface area (Å²) in [6.45, 7) is 1.63. The number of amides is 3. The largest absolute Gasteiger partial charge is 0.382 e. The lowest BCUT2D eigenvalue weighted by atomic mass is 10.0. The zero-order valence-electron chi connectivity index (χ0n) is 16.1. The SMILES string of the molecule is CCCCC(N)C(O)C(=O)NCC(=O)N[C@H](C(=O)N(C)C)c1ccccc1. The van der Waals surface area contributed by atoms with Crippen LogP contribution in [0, 0.1) is 0 Å². The van der Waals surface area contributed by atoms with Crippen LogP contribution in [0.5, 0.6) is 0 Å². The first-order chi connectivity index (χ1) is 12.8. The summed E-state index contributed by atoms with van der Waals surface area (Å²) in [6, 6.07) is 7.29. The van der Waals surface area contributed by atoms with E-state index in [1.807, 2.05) is 13.0 Å². The van der Waals surface area contributed by atoms with Crippen LogP contribution in [0.25, 0.3) is 0 Å². The van der Waals surface area contributed by atoms with Crippen LogP contribution in [0.1, 0.15) is 37.8 Å². The maximum atomic E-state index is 12.4. The number of hydrogen-bond acceptors (Lipinski definition) is 5. The summed E-state index contributed by atoms with van der Waals surface area (Å²) in [7, 11) is 3.19. The normalized spacial score (nSPS) is 14.0. The Bertz CT molecular complexity index is 621. The van der Waals surface area contributed by atoms with Crippen LogP contribution < -0.4 is 16.4 Å². The number of aliphatic hydroxyl groups is 1. The monoisotopic (exact) mass is 378 g/mol. The first kappa shape index (κ1) is 22.6. The van der Waals surface area contributed by atoms with Gasteiger partial charge >= 0.3 is 0 Å². The molecule has 1 aromatic carbocycles. The van der Waals surface area contributed by atoms with E-state index < -0.39 is 30.0 Å². The Balaban J connectivity index is 2.64. The molecule has 0 heterocycles. The predicted octanol–water partition coefficient (Wildman–Crippen LogP) is -0.0733. The average molecular weight is 378 g/mol. The number of unbranched alkanes of at least 4 members (excludes halogenated alkanes) is 1. The first-order valence-electron chi connectivity index (χ1n) is 9.04. The van der Waals surface area contributed by atoms with E-state index in [0.717, 1.165) is 12.8 Å². The Morgan fingerprint density at radius 1 is 1.19 bits per heavy atom. The van der Waals surface area contributed by atoms with E-state index in [1.165, 1.54) is 4.90 Å². The molecule has 0 aliphatic rings. The molecule has 3 atom stereocenters. The molecule has 8 heteroatoms. The van der Waals surface area contributed by atoms with E-state index in [4.69, 9.17) is 5.73 Å². The third-order valence-corrected chi connectivity index (χ3v) is 4.11. The zero-order chi connectivity index (χ0) is 20.4. The molecule has 8 nitrogen and oxygen atoms in total. The first-order valence-corrected chi connectivity index (χ1v) is 9.04. The summed E-state index contributed by atoms with van der Waals surface area (Å²) in [4.78, 5) is 37.9. The highest BCUT2D eigenvalue weighted by Gasteiger charge is 2.26. The van der Waals surface area contributed by atoms with Crippen LogP contribution >= 0.6 is 0 Å². The second kappa shape index (κ2) is 11.3. The van der Waals surface area contributed by atoms with Gasteiger partial charge in [0.15, 0.2) is 0 Å². The van der Waals surface area contributed by atoms with E-state index in [0.29, 0.717) is 12.0 Å². The number of likely N-dealkylation sites (N-methyl/N-ethyl adjacent to an activating group) is 1. The Morgan fingerprint density at radius 3 is 2.37 bits per heavy atom. The Hall–Kier alpha value is -2.45. The van der Waals surface area contributed by atoms with E-state index in [-0.39, 0.29) is 12.5 Å². The van der Waals surface area contributed by atoms with Gasteiger partial charge in [-0.15, -0.1) is 0 Å². The number of rotatable bonds is 10. The lowest BCUT2D eigenvalue weighted by Gasteiger charge is -2.22. The Morgan fingerprint density at radius 2 is 1.81 bits per heavy atom. The van der Waals surface area contributed by atoms with Gasteiger partial charge in [0.05, 0.1) is 6.54 Å².